The van der Waals surface area contributed by atoms with Crippen molar-refractivity contribution in [1.82, 2.24) is 9.29 Å². The summed E-state index contributed by atoms with van der Waals surface area (Å²) in [5, 5.41) is 14.4. The third kappa shape index (κ3) is 4.57. The van der Waals surface area contributed by atoms with Gasteiger partial charge in [0.2, 0.25) is 10.0 Å². The lowest BCUT2D eigenvalue weighted by Gasteiger charge is -2.19. The number of nitro groups is 1. The van der Waals surface area contributed by atoms with E-state index in [2.05, 4.69) is 10.3 Å². The lowest BCUT2D eigenvalue weighted by atomic mass is 10.1. The Bertz CT molecular complexity index is 1180. The van der Waals surface area contributed by atoms with Crippen molar-refractivity contribution >= 4 is 21.4 Å². The Kier molecular flexibility index (Phi) is 5.97. The fraction of sp³-hybridized carbons (Fsp3) is 0.227. The second kappa shape index (κ2) is 8.83. The van der Waals surface area contributed by atoms with Crippen LogP contribution >= 0.6 is 0 Å². The molecule has 0 spiro atoms. The molecule has 3 aromatic rings. The Balaban J connectivity index is 1.57. The van der Waals surface area contributed by atoms with Gasteiger partial charge in [0.1, 0.15) is 4.90 Å². The van der Waals surface area contributed by atoms with Gasteiger partial charge in [0.05, 0.1) is 10.6 Å². The highest BCUT2D eigenvalue weighted by atomic mass is 32.2. The maximum Gasteiger partial charge on any atom is 0.270 e. The van der Waals surface area contributed by atoms with Gasteiger partial charge in [-0.2, -0.15) is 4.31 Å². The SMILES string of the molecule is O=[N+]([O-])c1ccc(NCc2ccc(-c3cccnc3)cc2)c(S(=O)(=O)N2CCCC2)c1. The fourth-order valence-electron chi connectivity index (χ4n) is 3.60. The first-order valence-electron chi connectivity index (χ1n) is 9.97. The van der Waals surface area contributed by atoms with Crippen LogP contribution < -0.4 is 5.32 Å². The van der Waals surface area contributed by atoms with Crippen molar-refractivity contribution in [2.45, 2.75) is 24.3 Å². The number of benzene rings is 2. The summed E-state index contributed by atoms with van der Waals surface area (Å²) in [7, 11) is -3.81. The van der Waals surface area contributed by atoms with Crippen LogP contribution in [0.5, 0.6) is 0 Å². The summed E-state index contributed by atoms with van der Waals surface area (Å²) in [6.07, 6.45) is 5.10. The minimum absolute atomic E-state index is 0.0596. The van der Waals surface area contributed by atoms with Gasteiger partial charge in [-0.15, -0.1) is 0 Å². The molecular weight excluding hydrogens is 416 g/mol. The Hall–Kier alpha value is -3.30. The van der Waals surface area contributed by atoms with E-state index < -0.39 is 14.9 Å². The molecule has 0 atom stereocenters. The van der Waals surface area contributed by atoms with Crippen LogP contribution in [0.15, 0.2) is 71.9 Å². The number of nitrogens with one attached hydrogen (secondary N) is 1. The molecule has 2 aromatic carbocycles. The highest BCUT2D eigenvalue weighted by Crippen LogP contribution is 2.31. The first-order valence-corrected chi connectivity index (χ1v) is 11.4. The van der Waals surface area contributed by atoms with Crippen LogP contribution in [0.25, 0.3) is 11.1 Å². The number of aromatic nitrogens is 1. The van der Waals surface area contributed by atoms with Crippen molar-refractivity contribution in [1.29, 1.82) is 0 Å². The summed E-state index contributed by atoms with van der Waals surface area (Å²) >= 11 is 0. The molecule has 1 N–H and O–H groups in total. The van der Waals surface area contributed by atoms with Crippen molar-refractivity contribution in [3.63, 3.8) is 0 Å². The largest absolute Gasteiger partial charge is 0.380 e. The molecule has 0 amide bonds. The van der Waals surface area contributed by atoms with Crippen LogP contribution in [0, 0.1) is 10.1 Å². The number of anilines is 1. The van der Waals surface area contributed by atoms with E-state index in [1.807, 2.05) is 36.4 Å². The normalized spacial score (nSPS) is 14.5. The molecule has 8 nitrogen and oxygen atoms in total. The molecule has 0 saturated carbocycles. The summed E-state index contributed by atoms with van der Waals surface area (Å²) in [6, 6.07) is 15.6. The van der Waals surface area contributed by atoms with Gasteiger partial charge < -0.3 is 5.32 Å². The topological polar surface area (TPSA) is 105 Å². The van der Waals surface area contributed by atoms with Gasteiger partial charge in [0.15, 0.2) is 0 Å². The summed E-state index contributed by atoms with van der Waals surface area (Å²) in [6.45, 7) is 1.24. The quantitative estimate of drug-likeness (QED) is 0.441. The molecule has 31 heavy (non-hydrogen) atoms. The van der Waals surface area contributed by atoms with Gasteiger partial charge in [0.25, 0.3) is 5.69 Å². The van der Waals surface area contributed by atoms with Crippen molar-refractivity contribution < 1.29 is 13.3 Å². The molecule has 1 aromatic heterocycles. The Morgan fingerprint density at radius 2 is 1.77 bits per heavy atom. The van der Waals surface area contributed by atoms with E-state index in [0.29, 0.717) is 25.3 Å². The molecule has 0 unspecified atom stereocenters. The molecule has 2 heterocycles. The summed E-state index contributed by atoms with van der Waals surface area (Å²) in [4.78, 5) is 14.7. The van der Waals surface area contributed by atoms with Crippen LogP contribution in [-0.4, -0.2) is 35.7 Å². The first kappa shape index (κ1) is 21.0. The molecule has 1 aliphatic heterocycles. The lowest BCUT2D eigenvalue weighted by molar-refractivity contribution is -0.385. The van der Waals surface area contributed by atoms with Crippen LogP contribution in [0.2, 0.25) is 0 Å². The zero-order valence-corrected chi connectivity index (χ0v) is 17.6. The molecule has 160 valence electrons. The number of hydrogen-bond donors (Lipinski definition) is 1. The van der Waals surface area contributed by atoms with Crippen molar-refractivity contribution in [2.24, 2.45) is 0 Å². The molecule has 4 rings (SSSR count). The lowest BCUT2D eigenvalue weighted by Crippen LogP contribution is -2.28. The maximum absolute atomic E-state index is 13.1. The Morgan fingerprint density at radius 1 is 1.03 bits per heavy atom. The number of sulfonamides is 1. The predicted octanol–water partition coefficient (Wildman–Crippen LogP) is 4.05. The van der Waals surface area contributed by atoms with Crippen molar-refractivity contribution in [3.8, 4) is 11.1 Å². The first-order chi connectivity index (χ1) is 14.9. The Morgan fingerprint density at radius 3 is 2.42 bits per heavy atom. The van der Waals surface area contributed by atoms with Crippen LogP contribution in [0.3, 0.4) is 0 Å². The van der Waals surface area contributed by atoms with Gasteiger partial charge in [-0.3, -0.25) is 15.1 Å². The molecule has 1 aliphatic rings. The van der Waals surface area contributed by atoms with E-state index in [1.165, 1.54) is 16.4 Å². The monoisotopic (exact) mass is 438 g/mol. The number of non-ortho nitro benzene ring substituents is 1. The van der Waals surface area contributed by atoms with Crippen molar-refractivity contribution in [3.05, 3.63) is 82.7 Å². The van der Waals surface area contributed by atoms with Gasteiger partial charge in [0, 0.05) is 44.2 Å². The number of pyridine rings is 1. The second-order valence-electron chi connectivity index (χ2n) is 7.34. The Labute approximate surface area is 180 Å². The van der Waals surface area contributed by atoms with Gasteiger partial charge >= 0.3 is 0 Å². The summed E-state index contributed by atoms with van der Waals surface area (Å²) in [5.74, 6) is 0. The minimum Gasteiger partial charge on any atom is -0.380 e. The average Bonchev–Trinajstić information content (AvgIpc) is 3.34. The fourth-order valence-corrected chi connectivity index (χ4v) is 5.30. The van der Waals surface area contributed by atoms with E-state index in [0.717, 1.165) is 35.6 Å². The van der Waals surface area contributed by atoms with E-state index in [4.69, 9.17) is 0 Å². The molecule has 9 heteroatoms. The van der Waals surface area contributed by atoms with Gasteiger partial charge in [-0.1, -0.05) is 30.3 Å². The number of nitrogens with zero attached hydrogens (tertiary/aromatic N) is 3. The molecule has 0 bridgehead atoms. The smallest absolute Gasteiger partial charge is 0.270 e. The standard InChI is InChI=1S/C22H22N4O4S/c27-26(28)20-9-10-21(22(14-20)31(29,30)25-12-1-2-13-25)24-15-17-5-7-18(8-6-17)19-4-3-11-23-16-19/h3-11,14,16,24H,1-2,12-13,15H2. The zero-order chi connectivity index (χ0) is 21.8. The summed E-state index contributed by atoms with van der Waals surface area (Å²) in [5.41, 5.74) is 3.11. The number of hydrogen-bond acceptors (Lipinski definition) is 6. The second-order valence-corrected chi connectivity index (χ2v) is 9.25. The zero-order valence-electron chi connectivity index (χ0n) is 16.8. The highest BCUT2D eigenvalue weighted by Gasteiger charge is 2.30. The van der Waals surface area contributed by atoms with E-state index >= 15 is 0 Å². The molecule has 0 radical (unpaired) electrons. The number of nitro benzene ring substituents is 1. The maximum atomic E-state index is 13.1. The van der Waals surface area contributed by atoms with Crippen LogP contribution in [0.4, 0.5) is 11.4 Å². The predicted molar refractivity (Wildman–Crippen MR) is 118 cm³/mol. The molecular formula is C22H22N4O4S. The van der Waals surface area contributed by atoms with E-state index in [-0.39, 0.29) is 10.6 Å². The molecule has 1 fully saturated rings. The number of rotatable bonds is 7. The van der Waals surface area contributed by atoms with Gasteiger partial charge in [-0.25, -0.2) is 8.42 Å². The van der Waals surface area contributed by atoms with Crippen LogP contribution in [-0.2, 0) is 16.6 Å². The third-order valence-corrected chi connectivity index (χ3v) is 7.23. The summed E-state index contributed by atoms with van der Waals surface area (Å²) < 4.78 is 27.6. The third-order valence-electron chi connectivity index (χ3n) is 5.29. The van der Waals surface area contributed by atoms with E-state index in [9.17, 15) is 18.5 Å². The molecule has 0 aliphatic carbocycles. The minimum atomic E-state index is -3.81. The van der Waals surface area contributed by atoms with Crippen molar-refractivity contribution in [2.75, 3.05) is 18.4 Å². The average molecular weight is 439 g/mol. The van der Waals surface area contributed by atoms with Gasteiger partial charge in [-0.05, 0) is 41.7 Å². The highest BCUT2D eigenvalue weighted by molar-refractivity contribution is 7.89. The van der Waals surface area contributed by atoms with Crippen LogP contribution in [0.1, 0.15) is 18.4 Å². The molecule has 1 saturated heterocycles. The van der Waals surface area contributed by atoms with E-state index in [1.54, 1.807) is 12.4 Å².